The average Bonchev–Trinajstić information content (AvgIpc) is 2.03. The first-order chi connectivity index (χ1) is 6.38. The van der Waals surface area contributed by atoms with E-state index in [1.807, 2.05) is 0 Å². The Labute approximate surface area is 88.3 Å². The Morgan fingerprint density at radius 1 is 1.57 bits per heavy atom. The molecule has 0 heterocycles. The van der Waals surface area contributed by atoms with Crippen molar-refractivity contribution in [3.63, 3.8) is 0 Å². The molecule has 0 aromatic rings. The Bertz CT molecular complexity index is 245. The summed E-state index contributed by atoms with van der Waals surface area (Å²) in [5, 5.41) is 9.22. The summed E-state index contributed by atoms with van der Waals surface area (Å²) >= 11 is 5.31. The second kappa shape index (κ2) is 6.54. The van der Waals surface area contributed by atoms with Crippen LogP contribution in [-0.2, 0) is 15.0 Å². The Morgan fingerprint density at radius 3 is 2.57 bits per heavy atom. The van der Waals surface area contributed by atoms with Crippen LogP contribution in [0.25, 0.3) is 0 Å². The van der Waals surface area contributed by atoms with Crippen LogP contribution in [0, 0.1) is 0 Å². The number of rotatable bonds is 7. The Hall–Kier alpha value is 0.0800. The molecule has 1 unspecified atom stereocenters. The third-order valence-corrected chi connectivity index (χ3v) is 2.48. The Balaban J connectivity index is 3.77. The van der Waals surface area contributed by atoms with Crippen molar-refractivity contribution in [2.24, 2.45) is 0 Å². The lowest BCUT2D eigenvalue weighted by molar-refractivity contribution is 0.0352. The molecule has 0 amide bonds. The summed E-state index contributed by atoms with van der Waals surface area (Å²) < 4.78 is 35.0. The SMILES string of the molecule is CN(CC(O)COCCCl)S(=O)(=O)O. The number of hydrogen-bond acceptors (Lipinski definition) is 4. The molecular weight excluding hydrogens is 234 g/mol. The standard InChI is InChI=1S/C6H14ClNO5S/c1-8(14(10,11)12)4-6(9)5-13-3-2-7/h6,9H,2-5H2,1H3,(H,10,11,12). The molecule has 0 aromatic heterocycles. The van der Waals surface area contributed by atoms with E-state index in [-0.39, 0.29) is 19.8 Å². The maximum Gasteiger partial charge on any atom is 0.335 e. The van der Waals surface area contributed by atoms with Gasteiger partial charge in [-0.1, -0.05) is 0 Å². The van der Waals surface area contributed by atoms with Gasteiger partial charge in [-0.05, 0) is 0 Å². The zero-order chi connectivity index (χ0) is 11.2. The van der Waals surface area contributed by atoms with Crippen molar-refractivity contribution in [2.75, 3.05) is 32.7 Å². The lowest BCUT2D eigenvalue weighted by Gasteiger charge is -2.16. The molecule has 1 atom stereocenters. The number of halogens is 1. The zero-order valence-corrected chi connectivity index (χ0v) is 9.33. The first kappa shape index (κ1) is 14.1. The highest BCUT2D eigenvalue weighted by atomic mass is 35.5. The van der Waals surface area contributed by atoms with E-state index in [2.05, 4.69) is 0 Å². The molecule has 6 nitrogen and oxygen atoms in total. The average molecular weight is 248 g/mol. The summed E-state index contributed by atoms with van der Waals surface area (Å²) in [7, 11) is -3.08. The third kappa shape index (κ3) is 6.52. The van der Waals surface area contributed by atoms with Crippen molar-refractivity contribution in [2.45, 2.75) is 6.10 Å². The summed E-state index contributed by atoms with van der Waals surface area (Å²) in [5.41, 5.74) is 0. The van der Waals surface area contributed by atoms with Gasteiger partial charge in [0.05, 0.1) is 19.3 Å². The van der Waals surface area contributed by atoms with E-state index < -0.39 is 16.4 Å². The fraction of sp³-hybridized carbons (Fsp3) is 1.00. The largest absolute Gasteiger partial charge is 0.389 e. The van der Waals surface area contributed by atoms with E-state index in [1.54, 1.807) is 0 Å². The molecule has 0 radical (unpaired) electrons. The number of hydrogen-bond donors (Lipinski definition) is 2. The molecule has 0 saturated carbocycles. The van der Waals surface area contributed by atoms with E-state index in [0.717, 1.165) is 7.05 Å². The highest BCUT2D eigenvalue weighted by Crippen LogP contribution is 1.96. The molecule has 0 saturated heterocycles. The lowest BCUT2D eigenvalue weighted by Crippen LogP contribution is -2.36. The van der Waals surface area contributed by atoms with E-state index in [1.165, 1.54) is 0 Å². The first-order valence-electron chi connectivity index (χ1n) is 3.88. The summed E-state index contributed by atoms with van der Waals surface area (Å²) in [6, 6.07) is 0. The predicted molar refractivity (Wildman–Crippen MR) is 51.7 cm³/mol. The van der Waals surface area contributed by atoms with Crippen LogP contribution in [0.3, 0.4) is 0 Å². The number of ether oxygens (including phenoxy) is 1. The van der Waals surface area contributed by atoms with E-state index in [4.69, 9.17) is 20.9 Å². The number of aliphatic hydroxyl groups excluding tert-OH is 1. The molecule has 86 valence electrons. The summed E-state index contributed by atoms with van der Waals surface area (Å²) in [4.78, 5) is 0. The minimum atomic E-state index is -4.24. The molecule has 8 heteroatoms. The van der Waals surface area contributed by atoms with Crippen LogP contribution < -0.4 is 0 Å². The lowest BCUT2D eigenvalue weighted by atomic mass is 10.4. The summed E-state index contributed by atoms with van der Waals surface area (Å²) in [6.45, 7) is 0.0436. The van der Waals surface area contributed by atoms with Gasteiger partial charge in [0.1, 0.15) is 0 Å². The fourth-order valence-corrected chi connectivity index (χ4v) is 1.19. The Kier molecular flexibility index (Phi) is 6.58. The van der Waals surface area contributed by atoms with Gasteiger partial charge in [0, 0.05) is 19.5 Å². The first-order valence-corrected chi connectivity index (χ1v) is 5.81. The van der Waals surface area contributed by atoms with Gasteiger partial charge in [0.25, 0.3) is 0 Å². The number of alkyl halides is 1. The van der Waals surface area contributed by atoms with Gasteiger partial charge in [-0.2, -0.15) is 12.7 Å². The van der Waals surface area contributed by atoms with Gasteiger partial charge in [0.15, 0.2) is 0 Å². The quantitative estimate of drug-likeness (QED) is 0.354. The van der Waals surface area contributed by atoms with Crippen molar-refractivity contribution in [1.82, 2.24) is 4.31 Å². The van der Waals surface area contributed by atoms with Gasteiger partial charge >= 0.3 is 10.3 Å². The van der Waals surface area contributed by atoms with E-state index in [9.17, 15) is 13.5 Å². The van der Waals surface area contributed by atoms with Crippen molar-refractivity contribution in [1.29, 1.82) is 0 Å². The highest BCUT2D eigenvalue weighted by Gasteiger charge is 2.17. The van der Waals surface area contributed by atoms with Gasteiger partial charge in [-0.25, -0.2) is 0 Å². The summed E-state index contributed by atoms with van der Waals surface area (Å²) in [5.74, 6) is 0.306. The number of nitrogens with zero attached hydrogens (tertiary/aromatic N) is 1. The minimum Gasteiger partial charge on any atom is -0.389 e. The molecule has 0 aromatic carbocycles. The molecule has 0 fully saturated rings. The molecule has 0 spiro atoms. The van der Waals surface area contributed by atoms with Gasteiger partial charge < -0.3 is 9.84 Å². The van der Waals surface area contributed by atoms with Crippen LogP contribution >= 0.6 is 11.6 Å². The van der Waals surface area contributed by atoms with Crippen LogP contribution in [0.15, 0.2) is 0 Å². The zero-order valence-electron chi connectivity index (χ0n) is 7.76. The van der Waals surface area contributed by atoms with Gasteiger partial charge in [0.2, 0.25) is 0 Å². The maximum atomic E-state index is 10.5. The van der Waals surface area contributed by atoms with Crippen LogP contribution in [0.2, 0.25) is 0 Å². The van der Waals surface area contributed by atoms with Crippen molar-refractivity contribution in [3.8, 4) is 0 Å². The smallest absolute Gasteiger partial charge is 0.335 e. The van der Waals surface area contributed by atoms with Crippen LogP contribution in [0.5, 0.6) is 0 Å². The molecule has 0 aliphatic heterocycles. The molecule has 0 aliphatic carbocycles. The van der Waals surface area contributed by atoms with E-state index >= 15 is 0 Å². The highest BCUT2D eigenvalue weighted by molar-refractivity contribution is 7.83. The maximum absolute atomic E-state index is 10.5. The van der Waals surface area contributed by atoms with Crippen LogP contribution in [0.1, 0.15) is 0 Å². The molecule has 2 N–H and O–H groups in total. The third-order valence-electron chi connectivity index (χ3n) is 1.39. The van der Waals surface area contributed by atoms with Crippen molar-refractivity contribution in [3.05, 3.63) is 0 Å². The molecular formula is C6H14ClNO5S. The van der Waals surface area contributed by atoms with Gasteiger partial charge in [-0.15, -0.1) is 11.6 Å². The Morgan fingerprint density at radius 2 is 2.14 bits per heavy atom. The van der Waals surface area contributed by atoms with Gasteiger partial charge in [-0.3, -0.25) is 4.55 Å². The van der Waals surface area contributed by atoms with Crippen molar-refractivity contribution >= 4 is 21.9 Å². The minimum absolute atomic E-state index is 0.0212. The summed E-state index contributed by atoms with van der Waals surface area (Å²) in [6.07, 6.45) is -0.981. The number of aliphatic hydroxyl groups is 1. The second-order valence-electron chi connectivity index (χ2n) is 2.68. The topological polar surface area (TPSA) is 87.1 Å². The molecule has 14 heavy (non-hydrogen) atoms. The molecule has 0 bridgehead atoms. The fourth-order valence-electron chi connectivity index (χ4n) is 0.718. The van der Waals surface area contributed by atoms with Crippen LogP contribution in [-0.4, -0.2) is 61.2 Å². The monoisotopic (exact) mass is 247 g/mol. The van der Waals surface area contributed by atoms with E-state index in [0.29, 0.717) is 10.2 Å². The normalized spacial score (nSPS) is 14.6. The number of likely N-dealkylation sites (N-methyl/N-ethyl adjacent to an activating group) is 1. The molecule has 0 rings (SSSR count). The van der Waals surface area contributed by atoms with Crippen molar-refractivity contribution < 1.29 is 22.8 Å². The predicted octanol–water partition coefficient (Wildman–Crippen LogP) is -0.663. The molecule has 0 aliphatic rings. The second-order valence-corrected chi connectivity index (χ2v) is 4.57. The van der Waals surface area contributed by atoms with Crippen LogP contribution in [0.4, 0.5) is 0 Å².